The summed E-state index contributed by atoms with van der Waals surface area (Å²) >= 11 is 8.22. The lowest BCUT2D eigenvalue weighted by Crippen LogP contribution is -2.13. The fraction of sp³-hybridized carbons (Fsp3) is 0.0526. The van der Waals surface area contributed by atoms with Crippen molar-refractivity contribution in [2.24, 2.45) is 0 Å². The molecule has 4 rings (SSSR count). The van der Waals surface area contributed by atoms with Crippen LogP contribution in [0, 0.1) is 10.1 Å². The van der Waals surface area contributed by atoms with Crippen molar-refractivity contribution >= 4 is 51.4 Å². The Morgan fingerprint density at radius 3 is 2.74 bits per heavy atom. The summed E-state index contributed by atoms with van der Waals surface area (Å²) in [5, 5.41) is 24.6. The molecule has 0 fully saturated rings. The summed E-state index contributed by atoms with van der Waals surface area (Å²) < 4.78 is 5.47. The van der Waals surface area contributed by atoms with E-state index in [0.717, 1.165) is 23.0 Å². The molecule has 0 aliphatic heterocycles. The van der Waals surface area contributed by atoms with Gasteiger partial charge in [-0.15, -0.1) is 21.5 Å². The minimum Gasteiger partial charge on any atom is -0.411 e. The van der Waals surface area contributed by atoms with Gasteiger partial charge in [0.1, 0.15) is 5.56 Å². The molecule has 1 amide bonds. The molecule has 0 spiro atoms. The SMILES string of the molecule is O=C(CSc1nnc(-c2ccccc2[N+](=O)[O-])o1)Nc1nc(-c2ccc(Cl)cc2)cs1. The Kier molecular flexibility index (Phi) is 6.26. The van der Waals surface area contributed by atoms with Crippen LogP contribution < -0.4 is 5.32 Å². The van der Waals surface area contributed by atoms with Gasteiger partial charge >= 0.3 is 0 Å². The first kappa shape index (κ1) is 21.0. The topological polar surface area (TPSA) is 124 Å². The predicted octanol–water partition coefficient (Wildman–Crippen LogP) is 5.15. The van der Waals surface area contributed by atoms with Gasteiger partial charge in [-0.2, -0.15) is 0 Å². The zero-order valence-electron chi connectivity index (χ0n) is 15.5. The lowest BCUT2D eigenvalue weighted by atomic mass is 10.2. The first-order valence-corrected chi connectivity index (χ1v) is 11.0. The third kappa shape index (κ3) is 5.08. The van der Waals surface area contributed by atoms with E-state index in [4.69, 9.17) is 16.0 Å². The molecule has 0 aliphatic carbocycles. The van der Waals surface area contributed by atoms with Crippen LogP contribution in [0.5, 0.6) is 0 Å². The molecule has 12 heteroatoms. The number of amides is 1. The van der Waals surface area contributed by atoms with Gasteiger partial charge < -0.3 is 9.73 Å². The molecule has 31 heavy (non-hydrogen) atoms. The first-order chi connectivity index (χ1) is 15.0. The van der Waals surface area contributed by atoms with Gasteiger partial charge in [0, 0.05) is 22.0 Å². The Morgan fingerprint density at radius 2 is 1.97 bits per heavy atom. The van der Waals surface area contributed by atoms with E-state index in [1.165, 1.54) is 23.5 Å². The van der Waals surface area contributed by atoms with Crippen molar-refractivity contribution in [2.45, 2.75) is 5.22 Å². The minimum absolute atomic E-state index is 0.00831. The number of thioether (sulfide) groups is 1. The van der Waals surface area contributed by atoms with Crippen LogP contribution in [0.3, 0.4) is 0 Å². The van der Waals surface area contributed by atoms with E-state index in [-0.39, 0.29) is 34.0 Å². The Balaban J connectivity index is 1.36. The number of carbonyl (C=O) groups is 1. The summed E-state index contributed by atoms with van der Waals surface area (Å²) in [4.78, 5) is 27.3. The van der Waals surface area contributed by atoms with Gasteiger partial charge in [-0.1, -0.05) is 47.6 Å². The van der Waals surface area contributed by atoms with Gasteiger partial charge in [0.2, 0.25) is 5.91 Å². The van der Waals surface area contributed by atoms with Crippen molar-refractivity contribution in [3.8, 4) is 22.7 Å². The number of nitrogens with zero attached hydrogens (tertiary/aromatic N) is 4. The number of carbonyl (C=O) groups excluding carboxylic acids is 1. The van der Waals surface area contributed by atoms with Crippen molar-refractivity contribution in [1.29, 1.82) is 0 Å². The zero-order chi connectivity index (χ0) is 21.8. The van der Waals surface area contributed by atoms with E-state index < -0.39 is 4.92 Å². The molecule has 0 atom stereocenters. The van der Waals surface area contributed by atoms with Crippen molar-refractivity contribution in [1.82, 2.24) is 15.2 Å². The molecule has 0 radical (unpaired) electrons. The summed E-state index contributed by atoms with van der Waals surface area (Å²) in [6, 6.07) is 13.3. The average Bonchev–Trinajstić information content (AvgIpc) is 3.42. The van der Waals surface area contributed by atoms with Gasteiger partial charge in [0.05, 0.1) is 16.4 Å². The Hall–Kier alpha value is -3.28. The summed E-state index contributed by atoms with van der Waals surface area (Å²) in [6.07, 6.45) is 0. The molecule has 2 heterocycles. The highest BCUT2D eigenvalue weighted by Crippen LogP contribution is 2.30. The number of halogens is 1. The molecule has 0 saturated heterocycles. The number of anilines is 1. The van der Waals surface area contributed by atoms with Crippen molar-refractivity contribution < 1.29 is 14.1 Å². The number of hydrogen-bond donors (Lipinski definition) is 1. The Morgan fingerprint density at radius 1 is 1.19 bits per heavy atom. The zero-order valence-corrected chi connectivity index (χ0v) is 17.9. The lowest BCUT2D eigenvalue weighted by molar-refractivity contribution is -0.384. The van der Waals surface area contributed by atoms with E-state index in [2.05, 4.69) is 20.5 Å². The molecule has 4 aromatic rings. The molecule has 0 bridgehead atoms. The molecular formula is C19H12ClN5O4S2. The number of nitro groups is 1. The number of rotatable bonds is 7. The summed E-state index contributed by atoms with van der Waals surface area (Å²) in [5.41, 5.74) is 1.70. The van der Waals surface area contributed by atoms with E-state index in [1.807, 2.05) is 17.5 Å². The van der Waals surface area contributed by atoms with Crippen LogP contribution in [0.25, 0.3) is 22.7 Å². The monoisotopic (exact) mass is 473 g/mol. The van der Waals surface area contributed by atoms with E-state index >= 15 is 0 Å². The van der Waals surface area contributed by atoms with Crippen LogP contribution in [0.2, 0.25) is 5.02 Å². The van der Waals surface area contributed by atoms with Crippen LogP contribution in [0.1, 0.15) is 0 Å². The quantitative estimate of drug-likeness (QED) is 0.222. The maximum absolute atomic E-state index is 12.2. The van der Waals surface area contributed by atoms with Gasteiger partial charge in [-0.25, -0.2) is 4.98 Å². The number of hydrogen-bond acceptors (Lipinski definition) is 9. The van der Waals surface area contributed by atoms with E-state index in [1.54, 1.807) is 24.3 Å². The third-order valence-electron chi connectivity index (χ3n) is 3.95. The Bertz CT molecular complexity index is 1240. The van der Waals surface area contributed by atoms with Crippen molar-refractivity contribution in [3.05, 3.63) is 69.0 Å². The number of benzene rings is 2. The molecule has 1 N–H and O–H groups in total. The highest BCUT2D eigenvalue weighted by Gasteiger charge is 2.20. The van der Waals surface area contributed by atoms with Crippen LogP contribution in [0.15, 0.2) is 63.6 Å². The number of nitro benzene ring substituents is 1. The number of thiazole rings is 1. The molecule has 156 valence electrons. The second kappa shape index (κ2) is 9.25. The van der Waals surface area contributed by atoms with E-state index in [9.17, 15) is 14.9 Å². The van der Waals surface area contributed by atoms with Crippen molar-refractivity contribution in [3.63, 3.8) is 0 Å². The molecule has 0 unspecified atom stereocenters. The van der Waals surface area contributed by atoms with Gasteiger partial charge in [-0.3, -0.25) is 14.9 Å². The molecule has 2 aromatic carbocycles. The molecule has 9 nitrogen and oxygen atoms in total. The van der Waals surface area contributed by atoms with Crippen LogP contribution in [0.4, 0.5) is 10.8 Å². The second-order valence-electron chi connectivity index (χ2n) is 6.03. The van der Waals surface area contributed by atoms with E-state index in [0.29, 0.717) is 10.2 Å². The van der Waals surface area contributed by atoms with Gasteiger partial charge in [0.15, 0.2) is 5.13 Å². The molecule has 0 saturated carbocycles. The first-order valence-electron chi connectivity index (χ1n) is 8.71. The van der Waals surface area contributed by atoms with Crippen LogP contribution in [-0.2, 0) is 4.79 Å². The summed E-state index contributed by atoms with van der Waals surface area (Å²) in [5.74, 6) is -0.274. The Labute approximate surface area is 188 Å². The number of nitrogens with one attached hydrogen (secondary N) is 1. The highest BCUT2D eigenvalue weighted by atomic mass is 35.5. The van der Waals surface area contributed by atoms with Gasteiger partial charge in [-0.05, 0) is 18.2 Å². The standard InChI is InChI=1S/C19H12ClN5O4S2/c20-12-7-5-11(6-8-12)14-9-30-18(21-14)22-16(26)10-31-19-24-23-17(29-19)13-3-1-2-4-15(13)25(27)28/h1-9H,10H2,(H,21,22,26). The highest BCUT2D eigenvalue weighted by molar-refractivity contribution is 7.99. The normalized spacial score (nSPS) is 10.7. The fourth-order valence-electron chi connectivity index (χ4n) is 2.56. The average molecular weight is 474 g/mol. The molecular weight excluding hydrogens is 462 g/mol. The minimum atomic E-state index is -0.522. The predicted molar refractivity (Wildman–Crippen MR) is 118 cm³/mol. The third-order valence-corrected chi connectivity index (χ3v) is 5.78. The largest absolute Gasteiger partial charge is 0.411 e. The second-order valence-corrected chi connectivity index (χ2v) is 8.25. The number of aromatic nitrogens is 3. The van der Waals surface area contributed by atoms with Crippen molar-refractivity contribution in [2.75, 3.05) is 11.1 Å². The fourth-order valence-corrected chi connectivity index (χ4v) is 3.98. The number of para-hydroxylation sites is 1. The summed E-state index contributed by atoms with van der Waals surface area (Å²) in [7, 11) is 0. The van der Waals surface area contributed by atoms with Gasteiger partial charge in [0.25, 0.3) is 16.8 Å². The molecule has 0 aliphatic rings. The lowest BCUT2D eigenvalue weighted by Gasteiger charge is -2.00. The smallest absolute Gasteiger partial charge is 0.282 e. The maximum Gasteiger partial charge on any atom is 0.282 e. The van der Waals surface area contributed by atoms with Crippen LogP contribution in [-0.4, -0.2) is 31.8 Å². The maximum atomic E-state index is 12.2. The van der Waals surface area contributed by atoms with Crippen LogP contribution >= 0.6 is 34.7 Å². The molecule has 2 aromatic heterocycles. The summed E-state index contributed by atoms with van der Waals surface area (Å²) in [6.45, 7) is 0.